The second-order valence-electron chi connectivity index (χ2n) is 5.02. The Labute approximate surface area is 118 Å². The maximum Gasteiger partial charge on any atom is 0.108 e. The fourth-order valence-electron chi connectivity index (χ4n) is 2.50. The summed E-state index contributed by atoms with van der Waals surface area (Å²) in [6.45, 7) is 0. The average Bonchev–Trinajstić information content (AvgIpc) is 2.89. The van der Waals surface area contributed by atoms with Gasteiger partial charge in [-0.05, 0) is 17.9 Å². The van der Waals surface area contributed by atoms with E-state index in [1.54, 1.807) is 0 Å². The Balaban J connectivity index is 1.82. The number of nitrogens with two attached hydrogens (primary N) is 1. The van der Waals surface area contributed by atoms with Gasteiger partial charge in [0.15, 0.2) is 0 Å². The maximum absolute atomic E-state index is 6.33. The van der Waals surface area contributed by atoms with Gasteiger partial charge in [0.2, 0.25) is 0 Å². The van der Waals surface area contributed by atoms with Crippen LogP contribution >= 0.6 is 0 Å². The molecule has 0 aliphatic carbocycles. The first-order chi connectivity index (χ1) is 9.75. The molecule has 0 aliphatic heterocycles. The first-order valence-electron chi connectivity index (χ1n) is 6.81. The van der Waals surface area contributed by atoms with E-state index in [2.05, 4.69) is 22.1 Å². The number of fused-ring (bicyclic) bond motifs is 1. The minimum absolute atomic E-state index is 0.0715. The van der Waals surface area contributed by atoms with E-state index >= 15 is 0 Å². The summed E-state index contributed by atoms with van der Waals surface area (Å²) in [5.74, 6) is 1.06. The zero-order chi connectivity index (χ0) is 13.9. The molecule has 2 aromatic heterocycles. The zero-order valence-corrected chi connectivity index (χ0v) is 11.5. The fraction of sp³-hybridized carbons (Fsp3) is 0.250. The summed E-state index contributed by atoms with van der Waals surface area (Å²) in [6, 6.07) is 10.2. The summed E-state index contributed by atoms with van der Waals surface area (Å²) in [5, 5.41) is 2.33. The highest BCUT2D eigenvalue weighted by Gasteiger charge is 2.12. The Morgan fingerprint density at radius 3 is 2.80 bits per heavy atom. The van der Waals surface area contributed by atoms with Gasteiger partial charge in [-0.15, -0.1) is 0 Å². The summed E-state index contributed by atoms with van der Waals surface area (Å²) in [4.78, 5) is 8.81. The summed E-state index contributed by atoms with van der Waals surface area (Å²) in [7, 11) is 2.00. The van der Waals surface area contributed by atoms with Crippen LogP contribution in [0.15, 0.2) is 48.9 Å². The van der Waals surface area contributed by atoms with E-state index in [0.29, 0.717) is 0 Å². The Morgan fingerprint density at radius 2 is 2.00 bits per heavy atom. The molecular formula is C16H18N4. The van der Waals surface area contributed by atoms with Gasteiger partial charge < -0.3 is 10.3 Å². The number of nitrogens with zero attached hydrogens (tertiary/aromatic N) is 3. The lowest BCUT2D eigenvalue weighted by Crippen LogP contribution is -2.14. The lowest BCUT2D eigenvalue weighted by atomic mass is 10.0. The number of pyridine rings is 1. The Kier molecular flexibility index (Phi) is 3.48. The SMILES string of the molecule is Cn1ccnc1CCC(N)c1nccc2ccccc12. The van der Waals surface area contributed by atoms with Gasteiger partial charge in [0, 0.05) is 43.5 Å². The largest absolute Gasteiger partial charge is 0.338 e. The molecule has 0 radical (unpaired) electrons. The van der Waals surface area contributed by atoms with Crippen molar-refractivity contribution >= 4 is 10.8 Å². The van der Waals surface area contributed by atoms with Crippen LogP contribution in [0.5, 0.6) is 0 Å². The van der Waals surface area contributed by atoms with Gasteiger partial charge in [0.1, 0.15) is 5.82 Å². The van der Waals surface area contributed by atoms with Crippen LogP contribution in [0.3, 0.4) is 0 Å². The molecule has 1 aromatic carbocycles. The Bertz CT molecular complexity index is 712. The van der Waals surface area contributed by atoms with Crippen molar-refractivity contribution in [1.29, 1.82) is 0 Å². The van der Waals surface area contributed by atoms with Gasteiger partial charge in [0.05, 0.1) is 5.69 Å². The van der Waals surface area contributed by atoms with Crippen LogP contribution in [0.4, 0.5) is 0 Å². The zero-order valence-electron chi connectivity index (χ0n) is 11.5. The number of rotatable bonds is 4. The van der Waals surface area contributed by atoms with Gasteiger partial charge in [-0.2, -0.15) is 0 Å². The summed E-state index contributed by atoms with van der Waals surface area (Å²) in [5.41, 5.74) is 7.30. The highest BCUT2D eigenvalue weighted by atomic mass is 15.0. The molecule has 2 N–H and O–H groups in total. The predicted octanol–water partition coefficient (Wildman–Crippen LogP) is 2.60. The predicted molar refractivity (Wildman–Crippen MR) is 80.2 cm³/mol. The number of imidazole rings is 1. The van der Waals surface area contributed by atoms with Gasteiger partial charge in [-0.25, -0.2) is 4.98 Å². The Hall–Kier alpha value is -2.20. The van der Waals surface area contributed by atoms with E-state index in [0.717, 1.165) is 29.7 Å². The molecule has 2 heterocycles. The molecule has 0 amide bonds. The molecule has 0 saturated carbocycles. The van der Waals surface area contributed by atoms with Crippen LogP contribution in [0, 0.1) is 0 Å². The average molecular weight is 266 g/mol. The third-order valence-corrected chi connectivity index (χ3v) is 3.66. The second kappa shape index (κ2) is 5.43. The molecule has 0 saturated heterocycles. The van der Waals surface area contributed by atoms with E-state index in [1.807, 2.05) is 48.4 Å². The number of aromatic nitrogens is 3. The maximum atomic E-state index is 6.33. The van der Waals surface area contributed by atoms with Crippen molar-refractivity contribution in [3.63, 3.8) is 0 Å². The molecule has 1 atom stereocenters. The van der Waals surface area contributed by atoms with Gasteiger partial charge >= 0.3 is 0 Å². The van der Waals surface area contributed by atoms with Crippen molar-refractivity contribution in [2.24, 2.45) is 12.8 Å². The molecule has 1 unspecified atom stereocenters. The molecule has 102 valence electrons. The fourth-order valence-corrected chi connectivity index (χ4v) is 2.50. The monoisotopic (exact) mass is 266 g/mol. The van der Waals surface area contributed by atoms with Gasteiger partial charge in [-0.1, -0.05) is 24.3 Å². The molecule has 4 heteroatoms. The quantitative estimate of drug-likeness (QED) is 0.789. The first-order valence-corrected chi connectivity index (χ1v) is 6.81. The van der Waals surface area contributed by atoms with E-state index in [-0.39, 0.29) is 6.04 Å². The van der Waals surface area contributed by atoms with Gasteiger partial charge in [0.25, 0.3) is 0 Å². The smallest absolute Gasteiger partial charge is 0.108 e. The van der Waals surface area contributed by atoms with E-state index < -0.39 is 0 Å². The van der Waals surface area contributed by atoms with Crippen molar-refractivity contribution in [2.45, 2.75) is 18.9 Å². The molecule has 0 spiro atoms. The summed E-state index contributed by atoms with van der Waals surface area (Å²) >= 11 is 0. The van der Waals surface area contributed by atoms with E-state index in [1.165, 1.54) is 5.39 Å². The number of benzene rings is 1. The lowest BCUT2D eigenvalue weighted by molar-refractivity contribution is 0.611. The van der Waals surface area contributed by atoms with Crippen LogP contribution in [0.25, 0.3) is 10.8 Å². The normalized spacial score (nSPS) is 12.7. The summed E-state index contributed by atoms with van der Waals surface area (Å²) in [6.07, 6.45) is 7.30. The standard InChI is InChI=1S/C16H18N4/c1-20-11-10-18-15(20)7-6-14(17)16-13-5-3-2-4-12(13)8-9-19-16/h2-5,8-11,14H,6-7,17H2,1H3. The Morgan fingerprint density at radius 1 is 1.15 bits per heavy atom. The number of hydrogen-bond acceptors (Lipinski definition) is 3. The minimum Gasteiger partial charge on any atom is -0.338 e. The third kappa shape index (κ3) is 2.42. The van der Waals surface area contributed by atoms with Crippen molar-refractivity contribution in [2.75, 3.05) is 0 Å². The number of aryl methyl sites for hydroxylation is 2. The van der Waals surface area contributed by atoms with Crippen molar-refractivity contribution < 1.29 is 0 Å². The van der Waals surface area contributed by atoms with Crippen LogP contribution in [-0.4, -0.2) is 14.5 Å². The molecule has 4 nitrogen and oxygen atoms in total. The second-order valence-corrected chi connectivity index (χ2v) is 5.02. The van der Waals surface area contributed by atoms with Crippen LogP contribution in [-0.2, 0) is 13.5 Å². The highest BCUT2D eigenvalue weighted by molar-refractivity contribution is 5.84. The molecule has 3 rings (SSSR count). The van der Waals surface area contributed by atoms with E-state index in [4.69, 9.17) is 5.73 Å². The van der Waals surface area contributed by atoms with Crippen molar-refractivity contribution in [3.05, 3.63) is 60.4 Å². The van der Waals surface area contributed by atoms with E-state index in [9.17, 15) is 0 Å². The first kappa shape index (κ1) is 12.8. The topological polar surface area (TPSA) is 56.7 Å². The highest BCUT2D eigenvalue weighted by Crippen LogP contribution is 2.23. The van der Waals surface area contributed by atoms with Gasteiger partial charge in [-0.3, -0.25) is 4.98 Å². The molecule has 0 aliphatic rings. The third-order valence-electron chi connectivity index (χ3n) is 3.66. The molecule has 3 aromatic rings. The van der Waals surface area contributed by atoms with Crippen LogP contribution < -0.4 is 5.73 Å². The van der Waals surface area contributed by atoms with Crippen molar-refractivity contribution in [1.82, 2.24) is 14.5 Å². The minimum atomic E-state index is -0.0715. The molecule has 20 heavy (non-hydrogen) atoms. The lowest BCUT2D eigenvalue weighted by Gasteiger charge is -2.13. The molecule has 0 fully saturated rings. The molecule has 0 bridgehead atoms. The van der Waals surface area contributed by atoms with Crippen molar-refractivity contribution in [3.8, 4) is 0 Å². The van der Waals surface area contributed by atoms with Crippen LogP contribution in [0.1, 0.15) is 24.0 Å². The number of hydrogen-bond donors (Lipinski definition) is 1. The van der Waals surface area contributed by atoms with Crippen LogP contribution in [0.2, 0.25) is 0 Å². The molecular weight excluding hydrogens is 248 g/mol. The summed E-state index contributed by atoms with van der Waals surface area (Å²) < 4.78 is 2.03.